The third kappa shape index (κ3) is 3.52. The Balaban J connectivity index is 1.94. The summed E-state index contributed by atoms with van der Waals surface area (Å²) >= 11 is 0. The van der Waals surface area contributed by atoms with Crippen LogP contribution in [0.4, 0.5) is 14.5 Å². The van der Waals surface area contributed by atoms with E-state index in [1.165, 1.54) is 43.8 Å². The van der Waals surface area contributed by atoms with Crippen LogP contribution in [0.15, 0.2) is 72.6 Å². The molecule has 1 aliphatic rings. The lowest BCUT2D eigenvalue weighted by atomic mass is 9.95. The second kappa shape index (κ2) is 7.98. The monoisotopic (exact) mass is 422 g/mol. The van der Waals surface area contributed by atoms with Crippen molar-refractivity contribution >= 4 is 23.1 Å². The number of ketones is 1. The number of aliphatic hydroxyl groups is 1. The van der Waals surface area contributed by atoms with Crippen molar-refractivity contribution in [2.75, 3.05) is 12.0 Å². The second-order valence-electron chi connectivity index (χ2n) is 6.77. The summed E-state index contributed by atoms with van der Waals surface area (Å²) in [5, 5.41) is 10.9. The van der Waals surface area contributed by atoms with Gasteiger partial charge in [0.05, 0.1) is 24.4 Å². The summed E-state index contributed by atoms with van der Waals surface area (Å²) in [6.07, 6.45) is 2.87. The predicted octanol–water partition coefficient (Wildman–Crippen LogP) is 3.99. The van der Waals surface area contributed by atoms with E-state index in [1.54, 1.807) is 12.1 Å². The van der Waals surface area contributed by atoms with E-state index in [1.807, 2.05) is 0 Å². The molecule has 1 aliphatic heterocycles. The Kier molecular flexibility index (Phi) is 5.21. The number of Topliss-reactive ketones (excluding diaryl/α,β-unsaturated/α-hetero) is 1. The van der Waals surface area contributed by atoms with Crippen LogP contribution in [-0.4, -0.2) is 28.9 Å². The van der Waals surface area contributed by atoms with E-state index in [9.17, 15) is 23.5 Å². The molecule has 1 atom stereocenters. The molecular formula is C23H16F2N2O4. The third-order valence-corrected chi connectivity index (χ3v) is 5.00. The van der Waals surface area contributed by atoms with Gasteiger partial charge in [-0.05, 0) is 54.1 Å². The zero-order valence-corrected chi connectivity index (χ0v) is 16.3. The molecular weight excluding hydrogens is 406 g/mol. The maximum atomic E-state index is 14.6. The topological polar surface area (TPSA) is 79.7 Å². The summed E-state index contributed by atoms with van der Waals surface area (Å²) < 4.78 is 33.5. The van der Waals surface area contributed by atoms with Gasteiger partial charge < -0.3 is 9.84 Å². The molecule has 1 fully saturated rings. The van der Waals surface area contributed by atoms with Crippen molar-refractivity contribution in [2.45, 2.75) is 6.04 Å². The molecule has 0 aliphatic carbocycles. The van der Waals surface area contributed by atoms with Crippen LogP contribution in [0.5, 0.6) is 5.75 Å². The first-order chi connectivity index (χ1) is 14.9. The Labute approximate surface area is 176 Å². The number of hydrogen-bond donors (Lipinski definition) is 1. The van der Waals surface area contributed by atoms with Crippen LogP contribution in [0.2, 0.25) is 0 Å². The number of pyridine rings is 1. The van der Waals surface area contributed by atoms with E-state index >= 15 is 0 Å². The molecule has 4 rings (SSSR count). The molecule has 0 saturated carbocycles. The van der Waals surface area contributed by atoms with Gasteiger partial charge in [-0.25, -0.2) is 8.78 Å². The Morgan fingerprint density at radius 3 is 2.35 bits per heavy atom. The maximum Gasteiger partial charge on any atom is 0.300 e. The Bertz CT molecular complexity index is 1190. The van der Waals surface area contributed by atoms with Crippen LogP contribution in [0.25, 0.3) is 5.76 Å². The number of methoxy groups -OCH3 is 1. The number of carbonyl (C=O) groups excluding carboxylic acids is 2. The number of nitrogens with zero attached hydrogens (tertiary/aromatic N) is 2. The van der Waals surface area contributed by atoms with Gasteiger partial charge in [-0.2, -0.15) is 0 Å². The Morgan fingerprint density at radius 2 is 1.71 bits per heavy atom. The minimum absolute atomic E-state index is 0.245. The van der Waals surface area contributed by atoms with Crippen molar-refractivity contribution in [1.82, 2.24) is 4.98 Å². The fourth-order valence-corrected chi connectivity index (χ4v) is 3.52. The number of hydrogen-bond acceptors (Lipinski definition) is 5. The van der Waals surface area contributed by atoms with Crippen LogP contribution < -0.4 is 9.64 Å². The Hall–Kier alpha value is -4.07. The van der Waals surface area contributed by atoms with Crippen molar-refractivity contribution in [2.24, 2.45) is 0 Å². The molecule has 8 heteroatoms. The highest BCUT2D eigenvalue weighted by Crippen LogP contribution is 2.43. The molecule has 1 N–H and O–H groups in total. The average molecular weight is 422 g/mol. The summed E-state index contributed by atoms with van der Waals surface area (Å²) in [7, 11) is 1.48. The summed E-state index contributed by atoms with van der Waals surface area (Å²) in [6, 6.07) is 10.7. The zero-order valence-electron chi connectivity index (χ0n) is 16.3. The number of rotatable bonds is 4. The van der Waals surface area contributed by atoms with Gasteiger partial charge in [-0.1, -0.05) is 0 Å². The van der Waals surface area contributed by atoms with Gasteiger partial charge >= 0.3 is 0 Å². The van der Waals surface area contributed by atoms with Crippen LogP contribution in [0.1, 0.15) is 17.2 Å². The standard InChI is InChI=1S/C23H16F2N2O4/c1-31-16-5-2-14(3-6-16)21(28)19-20(13-8-10-26-11-9-13)27(23(30)22(19)29)18-12-15(24)4-7-17(18)25/h2-12,20,28H,1H3/b21-19+. The maximum absolute atomic E-state index is 14.6. The summed E-state index contributed by atoms with van der Waals surface area (Å²) in [5.74, 6) is -3.67. The van der Waals surface area contributed by atoms with E-state index in [2.05, 4.69) is 4.98 Å². The summed E-state index contributed by atoms with van der Waals surface area (Å²) in [5.41, 5.74) is 0.00761. The number of ether oxygens (including phenoxy) is 1. The van der Waals surface area contributed by atoms with Gasteiger partial charge in [0, 0.05) is 24.0 Å². The van der Waals surface area contributed by atoms with E-state index in [4.69, 9.17) is 4.74 Å². The highest BCUT2D eigenvalue weighted by atomic mass is 19.1. The Morgan fingerprint density at radius 1 is 1.03 bits per heavy atom. The van der Waals surface area contributed by atoms with E-state index < -0.39 is 40.8 Å². The number of carbonyl (C=O) groups is 2. The number of halogens is 2. The first-order valence-electron chi connectivity index (χ1n) is 9.22. The van der Waals surface area contributed by atoms with E-state index in [-0.39, 0.29) is 11.1 Å². The smallest absolute Gasteiger partial charge is 0.300 e. The lowest BCUT2D eigenvalue weighted by Crippen LogP contribution is -2.30. The number of amides is 1. The molecule has 1 unspecified atom stereocenters. The van der Waals surface area contributed by atoms with Gasteiger partial charge in [0.15, 0.2) is 0 Å². The van der Waals surface area contributed by atoms with Crippen molar-refractivity contribution in [3.05, 3.63) is 95.3 Å². The summed E-state index contributed by atoms with van der Waals surface area (Å²) in [6.45, 7) is 0. The van der Waals surface area contributed by atoms with Crippen molar-refractivity contribution in [1.29, 1.82) is 0 Å². The molecule has 1 saturated heterocycles. The SMILES string of the molecule is COc1ccc(/C(O)=C2\C(=O)C(=O)N(c3cc(F)ccc3F)C2c2ccncc2)cc1. The average Bonchev–Trinajstić information content (AvgIpc) is 3.06. The van der Waals surface area contributed by atoms with Gasteiger partial charge in [0.2, 0.25) is 0 Å². The molecule has 0 radical (unpaired) electrons. The van der Waals surface area contributed by atoms with Crippen molar-refractivity contribution in [3.8, 4) is 5.75 Å². The lowest BCUT2D eigenvalue weighted by Gasteiger charge is -2.25. The van der Waals surface area contributed by atoms with E-state index in [0.29, 0.717) is 11.3 Å². The van der Waals surface area contributed by atoms with Crippen LogP contribution in [0.3, 0.4) is 0 Å². The molecule has 31 heavy (non-hydrogen) atoms. The lowest BCUT2D eigenvalue weighted by molar-refractivity contribution is -0.132. The number of benzene rings is 2. The molecule has 6 nitrogen and oxygen atoms in total. The fourth-order valence-electron chi connectivity index (χ4n) is 3.52. The van der Waals surface area contributed by atoms with Gasteiger partial charge in [0.1, 0.15) is 23.1 Å². The quantitative estimate of drug-likeness (QED) is 0.391. The molecule has 1 aromatic heterocycles. The molecule has 1 amide bonds. The normalized spacial score (nSPS) is 17.8. The minimum atomic E-state index is -1.18. The number of aliphatic hydroxyl groups excluding tert-OH is 1. The number of aromatic nitrogens is 1. The zero-order chi connectivity index (χ0) is 22.1. The van der Waals surface area contributed by atoms with Crippen molar-refractivity contribution < 1.29 is 28.2 Å². The second-order valence-corrected chi connectivity index (χ2v) is 6.77. The van der Waals surface area contributed by atoms with Crippen LogP contribution >= 0.6 is 0 Å². The first-order valence-corrected chi connectivity index (χ1v) is 9.22. The summed E-state index contributed by atoms with van der Waals surface area (Å²) in [4.78, 5) is 30.6. The third-order valence-electron chi connectivity index (χ3n) is 5.00. The van der Waals surface area contributed by atoms with Gasteiger partial charge in [-0.3, -0.25) is 19.5 Å². The van der Waals surface area contributed by atoms with Gasteiger partial charge in [0.25, 0.3) is 11.7 Å². The molecule has 2 heterocycles. The minimum Gasteiger partial charge on any atom is -0.507 e. The molecule has 0 spiro atoms. The number of anilines is 1. The molecule has 3 aromatic rings. The molecule has 156 valence electrons. The van der Waals surface area contributed by atoms with Gasteiger partial charge in [-0.15, -0.1) is 0 Å². The highest BCUT2D eigenvalue weighted by Gasteiger charge is 2.47. The van der Waals surface area contributed by atoms with Crippen LogP contribution in [-0.2, 0) is 9.59 Å². The molecule has 0 bridgehead atoms. The van der Waals surface area contributed by atoms with Crippen LogP contribution in [0, 0.1) is 11.6 Å². The van der Waals surface area contributed by atoms with Crippen molar-refractivity contribution in [3.63, 3.8) is 0 Å². The first kappa shape index (κ1) is 20.2. The molecule has 2 aromatic carbocycles. The highest BCUT2D eigenvalue weighted by molar-refractivity contribution is 6.51. The largest absolute Gasteiger partial charge is 0.507 e. The fraction of sp³-hybridized carbons (Fsp3) is 0.0870. The predicted molar refractivity (Wildman–Crippen MR) is 108 cm³/mol. The van der Waals surface area contributed by atoms with E-state index in [0.717, 1.165) is 23.1 Å².